The van der Waals surface area contributed by atoms with Gasteiger partial charge in [0.25, 0.3) is 0 Å². The molecule has 3 heteroatoms. The first-order valence-electron chi connectivity index (χ1n) is 6.44. The molecule has 1 atom stereocenters. The Morgan fingerprint density at radius 2 is 2.12 bits per heavy atom. The molecule has 0 aromatic heterocycles. The third-order valence-electron chi connectivity index (χ3n) is 3.21. The molecule has 0 radical (unpaired) electrons. The number of benzene rings is 1. The van der Waals surface area contributed by atoms with Crippen LogP contribution in [0.15, 0.2) is 30.3 Å². The van der Waals surface area contributed by atoms with Gasteiger partial charge in [-0.1, -0.05) is 30.3 Å². The number of likely N-dealkylation sites (tertiary alicyclic amines) is 1. The van der Waals surface area contributed by atoms with E-state index < -0.39 is 0 Å². The number of nitrogens with two attached hydrogens (primary N) is 1. The Bertz CT molecular complexity index is 315. The van der Waals surface area contributed by atoms with Crippen LogP contribution in [0.4, 0.5) is 0 Å². The van der Waals surface area contributed by atoms with Crippen molar-refractivity contribution in [2.24, 2.45) is 5.73 Å². The minimum Gasteiger partial charge on any atom is -0.375 e. The third-order valence-corrected chi connectivity index (χ3v) is 3.21. The first-order chi connectivity index (χ1) is 8.34. The highest BCUT2D eigenvalue weighted by atomic mass is 16.5. The number of piperidine rings is 1. The lowest BCUT2D eigenvalue weighted by atomic mass is 10.1. The molecular weight excluding hydrogens is 212 g/mol. The second kappa shape index (κ2) is 6.74. The van der Waals surface area contributed by atoms with Crippen LogP contribution in [-0.2, 0) is 11.3 Å². The van der Waals surface area contributed by atoms with Crippen molar-refractivity contribution in [1.82, 2.24) is 4.90 Å². The van der Waals surface area contributed by atoms with Crippen LogP contribution in [0.2, 0.25) is 0 Å². The molecule has 1 aliphatic rings. The van der Waals surface area contributed by atoms with Crippen LogP contribution in [0, 0.1) is 0 Å². The molecule has 0 aliphatic carbocycles. The van der Waals surface area contributed by atoms with E-state index in [1.807, 2.05) is 18.2 Å². The molecule has 94 valence electrons. The molecule has 2 rings (SSSR count). The van der Waals surface area contributed by atoms with E-state index in [2.05, 4.69) is 17.0 Å². The fourth-order valence-electron chi connectivity index (χ4n) is 2.25. The van der Waals surface area contributed by atoms with Crippen molar-refractivity contribution in [2.45, 2.75) is 25.5 Å². The molecule has 0 amide bonds. The Morgan fingerprint density at radius 3 is 2.88 bits per heavy atom. The van der Waals surface area contributed by atoms with Crippen LogP contribution in [-0.4, -0.2) is 37.2 Å². The summed E-state index contributed by atoms with van der Waals surface area (Å²) in [5.74, 6) is 0. The number of hydrogen-bond donors (Lipinski definition) is 1. The van der Waals surface area contributed by atoms with Crippen LogP contribution < -0.4 is 5.73 Å². The summed E-state index contributed by atoms with van der Waals surface area (Å²) >= 11 is 0. The largest absolute Gasteiger partial charge is 0.375 e. The highest BCUT2D eigenvalue weighted by molar-refractivity contribution is 5.13. The van der Waals surface area contributed by atoms with Gasteiger partial charge in [-0.2, -0.15) is 0 Å². The van der Waals surface area contributed by atoms with Gasteiger partial charge < -0.3 is 10.5 Å². The predicted octanol–water partition coefficient (Wildman–Crippen LogP) is 1.63. The molecular formula is C14H22N2O. The fourth-order valence-corrected chi connectivity index (χ4v) is 2.25. The molecule has 1 saturated heterocycles. The van der Waals surface area contributed by atoms with Crippen molar-refractivity contribution in [3.8, 4) is 0 Å². The summed E-state index contributed by atoms with van der Waals surface area (Å²) in [6.07, 6.45) is 2.39. The quantitative estimate of drug-likeness (QED) is 0.787. The zero-order valence-corrected chi connectivity index (χ0v) is 10.3. The van der Waals surface area contributed by atoms with Gasteiger partial charge in [0.1, 0.15) is 0 Å². The second-order valence-corrected chi connectivity index (χ2v) is 4.74. The van der Waals surface area contributed by atoms with E-state index in [0.29, 0.717) is 12.6 Å². The standard InChI is InChI=1S/C14H22N2O/c15-14-7-4-8-16(11-14)9-10-17-12-13-5-2-1-3-6-13/h1-3,5-6,14H,4,7-12,15H2. The molecule has 1 aromatic rings. The molecule has 0 spiro atoms. The van der Waals surface area contributed by atoms with Gasteiger partial charge in [-0.25, -0.2) is 0 Å². The Labute approximate surface area is 104 Å². The number of rotatable bonds is 5. The van der Waals surface area contributed by atoms with Crippen LogP contribution in [0.5, 0.6) is 0 Å². The monoisotopic (exact) mass is 234 g/mol. The fraction of sp³-hybridized carbons (Fsp3) is 0.571. The molecule has 1 unspecified atom stereocenters. The Hall–Kier alpha value is -0.900. The van der Waals surface area contributed by atoms with E-state index in [0.717, 1.165) is 19.7 Å². The molecule has 17 heavy (non-hydrogen) atoms. The predicted molar refractivity (Wildman–Crippen MR) is 69.7 cm³/mol. The number of ether oxygens (including phenoxy) is 1. The minimum atomic E-state index is 0.359. The smallest absolute Gasteiger partial charge is 0.0717 e. The van der Waals surface area contributed by atoms with Gasteiger partial charge in [0.15, 0.2) is 0 Å². The van der Waals surface area contributed by atoms with Crippen LogP contribution in [0.3, 0.4) is 0 Å². The SMILES string of the molecule is NC1CCCN(CCOCc2ccccc2)C1. The van der Waals surface area contributed by atoms with Crippen molar-refractivity contribution in [3.05, 3.63) is 35.9 Å². The van der Waals surface area contributed by atoms with E-state index in [1.165, 1.54) is 24.9 Å². The summed E-state index contributed by atoms with van der Waals surface area (Å²) in [6, 6.07) is 10.7. The van der Waals surface area contributed by atoms with E-state index in [1.54, 1.807) is 0 Å². The summed E-state index contributed by atoms with van der Waals surface area (Å²) in [6.45, 7) is 4.69. The summed E-state index contributed by atoms with van der Waals surface area (Å²) in [7, 11) is 0. The molecule has 2 N–H and O–H groups in total. The lowest BCUT2D eigenvalue weighted by Gasteiger charge is -2.30. The maximum atomic E-state index is 5.94. The van der Waals surface area contributed by atoms with Crippen molar-refractivity contribution >= 4 is 0 Å². The highest BCUT2D eigenvalue weighted by Crippen LogP contribution is 2.07. The lowest BCUT2D eigenvalue weighted by molar-refractivity contribution is 0.0833. The highest BCUT2D eigenvalue weighted by Gasteiger charge is 2.15. The summed E-state index contributed by atoms with van der Waals surface area (Å²) in [4.78, 5) is 2.40. The van der Waals surface area contributed by atoms with Gasteiger partial charge in [-0.3, -0.25) is 4.90 Å². The first-order valence-corrected chi connectivity index (χ1v) is 6.44. The van der Waals surface area contributed by atoms with Gasteiger partial charge >= 0.3 is 0 Å². The summed E-state index contributed by atoms with van der Waals surface area (Å²) in [5.41, 5.74) is 7.18. The number of hydrogen-bond acceptors (Lipinski definition) is 3. The average molecular weight is 234 g/mol. The Balaban J connectivity index is 1.60. The molecule has 1 aliphatic heterocycles. The molecule has 1 fully saturated rings. The van der Waals surface area contributed by atoms with Gasteiger partial charge in [0.2, 0.25) is 0 Å². The van der Waals surface area contributed by atoms with Gasteiger partial charge in [-0.05, 0) is 24.9 Å². The Morgan fingerprint density at radius 1 is 1.29 bits per heavy atom. The van der Waals surface area contributed by atoms with Crippen LogP contribution in [0.25, 0.3) is 0 Å². The van der Waals surface area contributed by atoms with Crippen molar-refractivity contribution in [3.63, 3.8) is 0 Å². The van der Waals surface area contributed by atoms with Crippen molar-refractivity contribution in [1.29, 1.82) is 0 Å². The summed E-state index contributed by atoms with van der Waals surface area (Å²) < 4.78 is 5.68. The first kappa shape index (κ1) is 12.6. The normalized spacial score (nSPS) is 21.6. The minimum absolute atomic E-state index is 0.359. The van der Waals surface area contributed by atoms with E-state index >= 15 is 0 Å². The van der Waals surface area contributed by atoms with Crippen molar-refractivity contribution in [2.75, 3.05) is 26.2 Å². The van der Waals surface area contributed by atoms with Crippen LogP contribution >= 0.6 is 0 Å². The number of nitrogens with zero attached hydrogens (tertiary/aromatic N) is 1. The molecule has 0 saturated carbocycles. The topological polar surface area (TPSA) is 38.5 Å². The third kappa shape index (κ3) is 4.46. The molecule has 0 bridgehead atoms. The van der Waals surface area contributed by atoms with E-state index in [-0.39, 0.29) is 0 Å². The van der Waals surface area contributed by atoms with Gasteiger partial charge in [0, 0.05) is 19.1 Å². The average Bonchev–Trinajstić information content (AvgIpc) is 2.36. The maximum absolute atomic E-state index is 5.94. The Kier molecular flexibility index (Phi) is 4.98. The zero-order valence-electron chi connectivity index (χ0n) is 10.3. The van der Waals surface area contributed by atoms with E-state index in [4.69, 9.17) is 10.5 Å². The van der Waals surface area contributed by atoms with Gasteiger partial charge in [0.05, 0.1) is 13.2 Å². The van der Waals surface area contributed by atoms with E-state index in [9.17, 15) is 0 Å². The van der Waals surface area contributed by atoms with Gasteiger partial charge in [-0.15, -0.1) is 0 Å². The molecule has 1 aromatic carbocycles. The molecule has 1 heterocycles. The van der Waals surface area contributed by atoms with Crippen molar-refractivity contribution < 1.29 is 4.74 Å². The van der Waals surface area contributed by atoms with Crippen LogP contribution in [0.1, 0.15) is 18.4 Å². The molecule has 3 nitrogen and oxygen atoms in total. The maximum Gasteiger partial charge on any atom is 0.0717 e. The second-order valence-electron chi connectivity index (χ2n) is 4.74. The zero-order chi connectivity index (χ0) is 11.9. The summed E-state index contributed by atoms with van der Waals surface area (Å²) in [5, 5.41) is 0. The lowest BCUT2D eigenvalue weighted by Crippen LogP contribution is -2.43.